The molecule has 2 N–H and O–H groups in total. The Kier molecular flexibility index (Phi) is 9.46. The van der Waals surface area contributed by atoms with Crippen LogP contribution >= 0.6 is 23.2 Å². The number of allylic oxidation sites excluding steroid dienone is 2. The molecule has 4 amide bonds. The van der Waals surface area contributed by atoms with Crippen LogP contribution in [0.15, 0.2) is 109 Å². The van der Waals surface area contributed by atoms with E-state index in [1.54, 1.807) is 43.5 Å². The number of benzene rings is 4. The topological polar surface area (TPSA) is 125 Å². The van der Waals surface area contributed by atoms with Crippen LogP contribution in [0.3, 0.4) is 0 Å². The average Bonchev–Trinajstić information content (AvgIpc) is 3.55. The van der Waals surface area contributed by atoms with Crippen molar-refractivity contribution in [3.63, 3.8) is 0 Å². The van der Waals surface area contributed by atoms with Crippen LogP contribution in [-0.2, 0) is 31.1 Å². The summed E-state index contributed by atoms with van der Waals surface area (Å²) in [6, 6.07) is 28.6. The maximum absolute atomic E-state index is 15.4. The molecular formula is C42H37Cl2N3O7. The molecule has 4 aromatic carbocycles. The molecular weight excluding hydrogens is 729 g/mol. The van der Waals surface area contributed by atoms with Crippen molar-refractivity contribution in [1.29, 1.82) is 0 Å². The summed E-state index contributed by atoms with van der Waals surface area (Å²) in [5, 5.41) is 11.0. The van der Waals surface area contributed by atoms with E-state index in [-0.39, 0.29) is 43.0 Å². The molecule has 0 radical (unpaired) electrons. The first-order valence-electron chi connectivity index (χ1n) is 17.8. The number of rotatable bonds is 10. The van der Waals surface area contributed by atoms with Crippen molar-refractivity contribution >= 4 is 52.5 Å². The quantitative estimate of drug-likeness (QED) is 0.138. The summed E-state index contributed by atoms with van der Waals surface area (Å²) in [6.07, 6.45) is 2.49. The molecule has 2 heterocycles. The number of nitrogens with zero attached hydrogens (tertiary/aromatic N) is 2. The number of aliphatic hydroxyl groups excluding tert-OH is 1. The fraction of sp³-hybridized carbons (Fsp3) is 0.286. The van der Waals surface area contributed by atoms with Gasteiger partial charge in [0.1, 0.15) is 18.1 Å². The van der Waals surface area contributed by atoms with Crippen molar-refractivity contribution in [2.75, 3.05) is 25.7 Å². The second-order valence-corrected chi connectivity index (χ2v) is 14.9. The molecule has 4 aliphatic rings. The molecule has 276 valence electrons. The third kappa shape index (κ3) is 5.75. The van der Waals surface area contributed by atoms with E-state index in [2.05, 4.69) is 5.43 Å². The number of hydrazine groups is 1. The Balaban J connectivity index is 1.29. The van der Waals surface area contributed by atoms with Gasteiger partial charge in [-0.3, -0.25) is 29.5 Å². The van der Waals surface area contributed by atoms with Gasteiger partial charge in [0.05, 0.1) is 54.1 Å². The molecule has 0 aromatic heterocycles. The fourth-order valence-electron chi connectivity index (χ4n) is 9.13. The smallest absolute Gasteiger partial charge is 0.260 e. The normalized spacial score (nSPS) is 25.9. The summed E-state index contributed by atoms with van der Waals surface area (Å²) in [6.45, 7) is 0.102. The maximum atomic E-state index is 15.4. The van der Waals surface area contributed by atoms with E-state index in [0.29, 0.717) is 34.2 Å². The number of carbonyl (C=O) groups is 4. The number of anilines is 1. The Morgan fingerprint density at radius 1 is 0.852 bits per heavy atom. The highest BCUT2D eigenvalue weighted by atomic mass is 35.5. The lowest BCUT2D eigenvalue weighted by atomic mass is 9.49. The van der Waals surface area contributed by atoms with E-state index in [1.165, 1.54) is 11.0 Å². The van der Waals surface area contributed by atoms with Crippen molar-refractivity contribution in [2.24, 2.45) is 23.7 Å². The minimum atomic E-state index is -1.48. The molecule has 1 saturated carbocycles. The minimum Gasteiger partial charge on any atom is -0.497 e. The van der Waals surface area contributed by atoms with Crippen molar-refractivity contribution < 1.29 is 33.8 Å². The van der Waals surface area contributed by atoms with Crippen LogP contribution in [0, 0.1) is 23.7 Å². The monoisotopic (exact) mass is 765 g/mol. The van der Waals surface area contributed by atoms with E-state index in [0.717, 1.165) is 21.7 Å². The first-order chi connectivity index (χ1) is 26.2. The predicted octanol–water partition coefficient (Wildman–Crippen LogP) is 6.56. The number of ether oxygens (including phenoxy) is 2. The van der Waals surface area contributed by atoms with Gasteiger partial charge in [-0.2, -0.15) is 5.01 Å². The molecule has 2 aliphatic heterocycles. The highest BCUT2D eigenvalue weighted by Crippen LogP contribution is 2.64. The molecule has 3 fully saturated rings. The zero-order chi connectivity index (χ0) is 37.7. The number of likely N-dealkylation sites (tertiary alicyclic amines) is 1. The lowest BCUT2D eigenvalue weighted by Gasteiger charge is -2.50. The molecule has 6 atom stereocenters. The second-order valence-electron chi connectivity index (χ2n) is 14.1. The third-order valence-corrected chi connectivity index (χ3v) is 12.0. The third-order valence-electron chi connectivity index (χ3n) is 11.4. The molecule has 0 bridgehead atoms. The summed E-state index contributed by atoms with van der Waals surface area (Å²) < 4.78 is 11.2. The van der Waals surface area contributed by atoms with Crippen LogP contribution in [-0.4, -0.2) is 59.0 Å². The first-order valence-corrected chi connectivity index (χ1v) is 18.6. The zero-order valence-electron chi connectivity index (χ0n) is 29.3. The number of fused-ring (bicyclic) bond motifs is 4. The van der Waals surface area contributed by atoms with Crippen LogP contribution in [0.2, 0.25) is 10.0 Å². The Labute approximate surface area is 322 Å². The summed E-state index contributed by atoms with van der Waals surface area (Å²) in [4.78, 5) is 60.1. The Morgan fingerprint density at radius 3 is 2.26 bits per heavy atom. The molecule has 4 aromatic rings. The molecule has 0 spiro atoms. The number of imide groups is 2. The molecule has 10 nitrogen and oxygen atoms in total. The fourth-order valence-corrected chi connectivity index (χ4v) is 9.58. The van der Waals surface area contributed by atoms with Gasteiger partial charge in [-0.05, 0) is 77.9 Å². The largest absolute Gasteiger partial charge is 0.497 e. The summed E-state index contributed by atoms with van der Waals surface area (Å²) in [5.41, 5.74) is 4.86. The highest BCUT2D eigenvalue weighted by Gasteiger charge is 2.70. The van der Waals surface area contributed by atoms with Crippen LogP contribution in [0.1, 0.15) is 35.4 Å². The van der Waals surface area contributed by atoms with Gasteiger partial charge in [0.25, 0.3) is 11.8 Å². The number of nitrogens with one attached hydrogen (secondary N) is 1. The molecule has 2 aliphatic carbocycles. The number of carbonyl (C=O) groups excluding carboxylic acids is 4. The van der Waals surface area contributed by atoms with E-state index >= 15 is 4.79 Å². The maximum Gasteiger partial charge on any atom is 0.260 e. The molecule has 54 heavy (non-hydrogen) atoms. The number of aliphatic hydroxyl groups is 1. The molecule has 0 unspecified atom stereocenters. The molecule has 12 heteroatoms. The van der Waals surface area contributed by atoms with Gasteiger partial charge in [-0.25, -0.2) is 0 Å². The number of amides is 4. The van der Waals surface area contributed by atoms with Crippen molar-refractivity contribution in [3.05, 3.63) is 135 Å². The van der Waals surface area contributed by atoms with Gasteiger partial charge in [-0.15, -0.1) is 0 Å². The lowest BCUT2D eigenvalue weighted by molar-refractivity contribution is -0.142. The summed E-state index contributed by atoms with van der Waals surface area (Å²) >= 11 is 12.7. The second kappa shape index (κ2) is 14.2. The van der Waals surface area contributed by atoms with Crippen LogP contribution < -0.4 is 14.9 Å². The molecule has 2 saturated heterocycles. The SMILES string of the molecule is COc1ccc([C@@]23C(=O)N(Nc4ccc(Cl)cc4Cl)C(=O)[C@@H]2C[C@@H]2C(=CC[C@@H]4C(=O)N(Cc5ccccc5)C(=O)[C@@H]42)[C@@H]3c2ccc(OCCO)cc2)cc1. The average molecular weight is 767 g/mol. The standard InChI is InChI=1S/C42H37Cl2N3O7/c1-53-28-14-9-26(10-15-28)42-33(39(50)47(41(42)52)45-35-18-11-27(43)21-34(35)44)22-32-30(37(42)25-7-12-29(13-8-25)54-20-19-48)16-17-31-36(32)40(51)46(38(31)49)23-24-5-3-2-4-6-24/h2-16,18,21,31-33,36-37,45,48H,17,19-20,22-23H2,1H3/t31-,32+,33-,36-,37-,42+/m0/s1. The first kappa shape index (κ1) is 35.8. The van der Waals surface area contributed by atoms with Crippen molar-refractivity contribution in [3.8, 4) is 11.5 Å². The molecule has 8 rings (SSSR count). The van der Waals surface area contributed by atoms with E-state index in [4.69, 9.17) is 32.7 Å². The van der Waals surface area contributed by atoms with E-state index in [1.807, 2.05) is 60.7 Å². The van der Waals surface area contributed by atoms with Gasteiger partial charge in [0.15, 0.2) is 0 Å². The Bertz CT molecular complexity index is 2160. The summed E-state index contributed by atoms with van der Waals surface area (Å²) in [7, 11) is 1.56. The van der Waals surface area contributed by atoms with Gasteiger partial charge in [0.2, 0.25) is 11.8 Å². The van der Waals surface area contributed by atoms with Crippen LogP contribution in [0.5, 0.6) is 11.5 Å². The minimum absolute atomic E-state index is 0.105. The number of halogens is 2. The zero-order valence-corrected chi connectivity index (χ0v) is 30.8. The highest BCUT2D eigenvalue weighted by molar-refractivity contribution is 6.36. The van der Waals surface area contributed by atoms with Gasteiger partial charge >= 0.3 is 0 Å². The van der Waals surface area contributed by atoms with Crippen molar-refractivity contribution in [2.45, 2.75) is 30.7 Å². The van der Waals surface area contributed by atoms with Crippen LogP contribution in [0.25, 0.3) is 0 Å². The Morgan fingerprint density at radius 2 is 1.57 bits per heavy atom. The van der Waals surface area contributed by atoms with Gasteiger partial charge < -0.3 is 14.6 Å². The predicted molar refractivity (Wildman–Crippen MR) is 202 cm³/mol. The van der Waals surface area contributed by atoms with Crippen LogP contribution in [0.4, 0.5) is 5.69 Å². The van der Waals surface area contributed by atoms with Crippen molar-refractivity contribution in [1.82, 2.24) is 9.91 Å². The summed E-state index contributed by atoms with van der Waals surface area (Å²) in [5.74, 6) is -3.84. The number of methoxy groups -OCH3 is 1. The van der Waals surface area contributed by atoms with Gasteiger partial charge in [0, 0.05) is 10.9 Å². The van der Waals surface area contributed by atoms with E-state index < -0.39 is 46.8 Å². The van der Waals surface area contributed by atoms with E-state index in [9.17, 15) is 19.5 Å². The lowest BCUT2D eigenvalue weighted by Crippen LogP contribution is -2.53. The Hall–Kier alpha value is -5.16. The number of hydrogen-bond donors (Lipinski definition) is 2. The number of hydrogen-bond acceptors (Lipinski definition) is 8. The van der Waals surface area contributed by atoms with Gasteiger partial charge in [-0.1, -0.05) is 89.4 Å².